The summed E-state index contributed by atoms with van der Waals surface area (Å²) in [5, 5.41) is 2.53. The molecule has 0 saturated carbocycles. The Hall–Kier alpha value is -1.86. The summed E-state index contributed by atoms with van der Waals surface area (Å²) >= 11 is 0. The second kappa shape index (κ2) is 7.61. The highest BCUT2D eigenvalue weighted by molar-refractivity contribution is 6.99. The van der Waals surface area contributed by atoms with Crippen LogP contribution in [0.5, 0.6) is 0 Å². The summed E-state index contributed by atoms with van der Waals surface area (Å²) < 4.78 is 6.58. The fourth-order valence-corrected chi connectivity index (χ4v) is 7.47. The van der Waals surface area contributed by atoms with Gasteiger partial charge in [0.05, 0.1) is 13.2 Å². The largest absolute Gasteiger partial charge is 0.396 e. The molecular formula is C20H25NOSi. The van der Waals surface area contributed by atoms with Gasteiger partial charge in [-0.05, 0) is 15.4 Å². The fraction of sp³-hybridized carbons (Fsp3) is 0.300. The van der Waals surface area contributed by atoms with Crippen LogP contribution in [0, 0.1) is 11.8 Å². The van der Waals surface area contributed by atoms with Crippen molar-refractivity contribution in [1.29, 1.82) is 0 Å². The van der Waals surface area contributed by atoms with Gasteiger partial charge in [0, 0.05) is 0 Å². The third-order valence-corrected chi connectivity index (χ3v) is 8.99. The zero-order chi connectivity index (χ0) is 16.8. The lowest BCUT2D eigenvalue weighted by Gasteiger charge is -2.42. The summed E-state index contributed by atoms with van der Waals surface area (Å²) in [6, 6.07) is 21.2. The van der Waals surface area contributed by atoms with Crippen molar-refractivity contribution in [2.45, 2.75) is 25.8 Å². The zero-order valence-corrected chi connectivity index (χ0v) is 15.2. The molecule has 2 rings (SSSR count). The van der Waals surface area contributed by atoms with E-state index in [0.717, 1.165) is 0 Å². The van der Waals surface area contributed by atoms with E-state index in [0.29, 0.717) is 13.2 Å². The van der Waals surface area contributed by atoms with Crippen molar-refractivity contribution in [2.24, 2.45) is 5.73 Å². The molecule has 2 N–H and O–H groups in total. The maximum atomic E-state index is 6.58. The Balaban J connectivity index is 2.59. The number of hydrogen-bond donors (Lipinski definition) is 1. The van der Waals surface area contributed by atoms with Crippen LogP contribution in [0.15, 0.2) is 60.7 Å². The summed E-state index contributed by atoms with van der Waals surface area (Å²) in [7, 11) is -2.44. The molecule has 0 aliphatic rings. The predicted molar refractivity (Wildman–Crippen MR) is 100 cm³/mol. The van der Waals surface area contributed by atoms with Crippen molar-refractivity contribution in [2.75, 3.05) is 13.2 Å². The highest BCUT2D eigenvalue weighted by atomic mass is 28.4. The lowest BCUT2D eigenvalue weighted by atomic mass is 10.2. The Kier molecular flexibility index (Phi) is 5.78. The summed E-state index contributed by atoms with van der Waals surface area (Å²) in [6.45, 7) is 7.55. The molecular weight excluding hydrogens is 298 g/mol. The first kappa shape index (κ1) is 17.5. The van der Waals surface area contributed by atoms with Crippen molar-refractivity contribution in [3.63, 3.8) is 0 Å². The Morgan fingerprint density at radius 2 is 1.35 bits per heavy atom. The second-order valence-electron chi connectivity index (χ2n) is 6.51. The van der Waals surface area contributed by atoms with Crippen molar-refractivity contribution >= 4 is 18.7 Å². The fourth-order valence-electron chi connectivity index (χ4n) is 3.03. The average Bonchev–Trinajstić information content (AvgIpc) is 2.55. The van der Waals surface area contributed by atoms with Gasteiger partial charge in [0.15, 0.2) is 0 Å². The molecule has 3 heteroatoms. The Morgan fingerprint density at radius 1 is 0.870 bits per heavy atom. The molecule has 0 radical (unpaired) electrons. The highest BCUT2D eigenvalue weighted by Crippen LogP contribution is 2.36. The van der Waals surface area contributed by atoms with Crippen LogP contribution < -0.4 is 16.1 Å². The zero-order valence-electron chi connectivity index (χ0n) is 14.2. The van der Waals surface area contributed by atoms with Crippen LogP contribution in [-0.2, 0) is 4.43 Å². The third-order valence-electron chi connectivity index (χ3n) is 4.00. The summed E-state index contributed by atoms with van der Waals surface area (Å²) in [5.41, 5.74) is 5.47. The summed E-state index contributed by atoms with van der Waals surface area (Å²) in [5.74, 6) is 5.94. The van der Waals surface area contributed by atoms with E-state index in [9.17, 15) is 0 Å². The van der Waals surface area contributed by atoms with Gasteiger partial charge >= 0.3 is 0 Å². The third kappa shape index (κ3) is 3.73. The van der Waals surface area contributed by atoms with E-state index in [-0.39, 0.29) is 5.04 Å². The predicted octanol–water partition coefficient (Wildman–Crippen LogP) is 2.53. The monoisotopic (exact) mass is 323 g/mol. The summed E-state index contributed by atoms with van der Waals surface area (Å²) in [4.78, 5) is 0. The van der Waals surface area contributed by atoms with Crippen LogP contribution in [0.2, 0.25) is 5.04 Å². The molecule has 120 valence electrons. The van der Waals surface area contributed by atoms with Crippen molar-refractivity contribution < 1.29 is 4.43 Å². The first-order chi connectivity index (χ1) is 11.0. The molecule has 0 amide bonds. The Bertz CT molecular complexity index is 626. The molecule has 0 aliphatic heterocycles. The minimum atomic E-state index is -2.44. The molecule has 0 spiro atoms. The smallest absolute Gasteiger partial charge is 0.262 e. The maximum Gasteiger partial charge on any atom is 0.262 e. The van der Waals surface area contributed by atoms with E-state index < -0.39 is 8.32 Å². The van der Waals surface area contributed by atoms with Gasteiger partial charge in [0.1, 0.15) is 0 Å². The minimum absolute atomic E-state index is 0.0138. The molecule has 0 heterocycles. The van der Waals surface area contributed by atoms with Crippen LogP contribution in [0.25, 0.3) is 0 Å². The van der Waals surface area contributed by atoms with Gasteiger partial charge in [-0.25, -0.2) is 0 Å². The number of hydrogen-bond acceptors (Lipinski definition) is 2. The molecule has 23 heavy (non-hydrogen) atoms. The van der Waals surface area contributed by atoms with Gasteiger partial charge < -0.3 is 10.2 Å². The quantitative estimate of drug-likeness (QED) is 0.693. The normalized spacial score (nSPS) is 11.7. The molecule has 0 atom stereocenters. The number of nitrogens with two attached hydrogens (primary N) is 1. The van der Waals surface area contributed by atoms with Crippen molar-refractivity contribution in [3.8, 4) is 11.8 Å². The molecule has 0 aliphatic carbocycles. The first-order valence-corrected chi connectivity index (χ1v) is 9.84. The van der Waals surface area contributed by atoms with E-state index in [1.54, 1.807) is 0 Å². The van der Waals surface area contributed by atoms with Gasteiger partial charge in [0.25, 0.3) is 8.32 Å². The van der Waals surface area contributed by atoms with Gasteiger partial charge in [-0.2, -0.15) is 0 Å². The number of rotatable bonds is 4. The van der Waals surface area contributed by atoms with Crippen molar-refractivity contribution in [3.05, 3.63) is 60.7 Å². The van der Waals surface area contributed by atoms with Crippen LogP contribution in [0.4, 0.5) is 0 Å². The molecule has 0 fully saturated rings. The van der Waals surface area contributed by atoms with Gasteiger partial charge in [-0.3, -0.25) is 0 Å². The molecule has 2 nitrogen and oxygen atoms in total. The van der Waals surface area contributed by atoms with Gasteiger partial charge in [-0.15, -0.1) is 0 Å². The molecule has 0 saturated heterocycles. The van der Waals surface area contributed by atoms with E-state index >= 15 is 0 Å². The second-order valence-corrected chi connectivity index (χ2v) is 10.8. The Labute approximate surface area is 140 Å². The maximum absolute atomic E-state index is 6.58. The molecule has 0 aromatic heterocycles. The molecule has 0 unspecified atom stereocenters. The highest BCUT2D eigenvalue weighted by Gasteiger charge is 2.49. The SMILES string of the molecule is CC(C)(C)[Si](OCC#CCN)(c1ccccc1)c1ccccc1. The van der Waals surface area contributed by atoms with Gasteiger partial charge in [-0.1, -0.05) is 93.3 Å². The Morgan fingerprint density at radius 3 is 1.74 bits per heavy atom. The first-order valence-electron chi connectivity index (χ1n) is 7.93. The van der Waals surface area contributed by atoms with Crippen LogP contribution in [0.1, 0.15) is 20.8 Å². The topological polar surface area (TPSA) is 35.2 Å². The van der Waals surface area contributed by atoms with Crippen molar-refractivity contribution in [1.82, 2.24) is 0 Å². The number of benzene rings is 2. The van der Waals surface area contributed by atoms with Crippen LogP contribution >= 0.6 is 0 Å². The van der Waals surface area contributed by atoms with E-state index in [4.69, 9.17) is 10.2 Å². The van der Waals surface area contributed by atoms with E-state index in [1.807, 2.05) is 12.1 Å². The minimum Gasteiger partial charge on any atom is -0.396 e. The lowest BCUT2D eigenvalue weighted by molar-refractivity contribution is 0.346. The van der Waals surface area contributed by atoms with Crippen LogP contribution in [0.3, 0.4) is 0 Å². The van der Waals surface area contributed by atoms with E-state index in [1.165, 1.54) is 10.4 Å². The van der Waals surface area contributed by atoms with E-state index in [2.05, 4.69) is 81.1 Å². The molecule has 0 bridgehead atoms. The van der Waals surface area contributed by atoms with Gasteiger partial charge in [0.2, 0.25) is 0 Å². The molecule has 2 aromatic rings. The standard InChI is InChI=1S/C20H25NOSi/c1-20(2,3)23(22-17-11-10-16-21,18-12-6-4-7-13-18)19-14-8-5-9-15-19/h4-9,12-15H,16-17,21H2,1-3H3. The average molecular weight is 324 g/mol. The molecule has 2 aromatic carbocycles. The summed E-state index contributed by atoms with van der Waals surface area (Å²) in [6.07, 6.45) is 0. The lowest BCUT2D eigenvalue weighted by Crippen LogP contribution is -2.66. The van der Waals surface area contributed by atoms with Crippen LogP contribution in [-0.4, -0.2) is 21.5 Å².